The number of nitrogens with two attached hydrogens (primary N) is 1. The molecule has 0 unspecified atom stereocenters. The second kappa shape index (κ2) is 8.94. The zero-order valence-corrected chi connectivity index (χ0v) is 18.7. The fourth-order valence-electron chi connectivity index (χ4n) is 3.63. The molecule has 7 nitrogen and oxygen atoms in total. The molecule has 0 saturated carbocycles. The van der Waals surface area contributed by atoms with Crippen LogP contribution in [0.4, 0.5) is 11.4 Å². The van der Waals surface area contributed by atoms with Gasteiger partial charge in [0.15, 0.2) is 0 Å². The van der Waals surface area contributed by atoms with E-state index in [9.17, 15) is 14.4 Å². The van der Waals surface area contributed by atoms with Crippen LogP contribution in [0.5, 0.6) is 0 Å². The smallest absolute Gasteiger partial charge is 0.255 e. The molecule has 0 bridgehead atoms. The average molecular weight is 449 g/mol. The Balaban J connectivity index is 1.45. The van der Waals surface area contributed by atoms with Gasteiger partial charge >= 0.3 is 0 Å². The van der Waals surface area contributed by atoms with Crippen LogP contribution in [-0.4, -0.2) is 47.7 Å². The molecule has 1 aromatic heterocycles. The highest BCUT2D eigenvalue weighted by molar-refractivity contribution is 7.13. The number of carbonyl (C=O) groups is 3. The van der Waals surface area contributed by atoms with E-state index in [1.165, 1.54) is 4.90 Å². The predicted octanol–water partition coefficient (Wildman–Crippen LogP) is 3.44. The Bertz CT molecular complexity index is 1160. The number of hydrogen-bond donors (Lipinski definition) is 2. The van der Waals surface area contributed by atoms with E-state index in [-0.39, 0.29) is 30.7 Å². The summed E-state index contributed by atoms with van der Waals surface area (Å²) in [5, 5.41) is 4.87. The van der Waals surface area contributed by atoms with Crippen LogP contribution in [-0.2, 0) is 16.1 Å². The summed E-state index contributed by atoms with van der Waals surface area (Å²) in [7, 11) is 3.57. The number of imide groups is 1. The maximum absolute atomic E-state index is 12.8. The van der Waals surface area contributed by atoms with Crippen molar-refractivity contribution < 1.29 is 14.4 Å². The number of likely N-dealkylation sites (N-methyl/N-ethyl adjacent to an activating group) is 1. The summed E-state index contributed by atoms with van der Waals surface area (Å²) in [6, 6.07) is 16.0. The Morgan fingerprint density at radius 1 is 1.16 bits per heavy atom. The van der Waals surface area contributed by atoms with Crippen molar-refractivity contribution in [2.75, 3.05) is 25.1 Å². The van der Waals surface area contributed by atoms with E-state index in [0.29, 0.717) is 16.9 Å². The Labute approximate surface area is 190 Å². The molecular weight excluding hydrogens is 424 g/mol. The normalized spacial score (nSPS) is 16.1. The van der Waals surface area contributed by atoms with Gasteiger partial charge in [-0.1, -0.05) is 24.3 Å². The zero-order valence-electron chi connectivity index (χ0n) is 17.9. The van der Waals surface area contributed by atoms with Crippen molar-refractivity contribution in [2.45, 2.75) is 19.0 Å². The highest BCUT2D eigenvalue weighted by atomic mass is 32.1. The van der Waals surface area contributed by atoms with Crippen LogP contribution in [0.3, 0.4) is 0 Å². The minimum Gasteiger partial charge on any atom is -0.397 e. The van der Waals surface area contributed by atoms with Crippen molar-refractivity contribution in [3.05, 3.63) is 71.1 Å². The molecule has 4 rings (SSSR count). The number of nitrogen functional groups attached to an aromatic ring is 1. The monoisotopic (exact) mass is 448 g/mol. The van der Waals surface area contributed by atoms with E-state index in [1.807, 2.05) is 29.6 Å². The van der Waals surface area contributed by atoms with E-state index < -0.39 is 6.04 Å². The fraction of sp³-hybridized carbons (Fsp3) is 0.208. The van der Waals surface area contributed by atoms with Crippen LogP contribution < -0.4 is 11.1 Å². The van der Waals surface area contributed by atoms with Crippen LogP contribution in [0.1, 0.15) is 22.3 Å². The van der Waals surface area contributed by atoms with E-state index in [0.717, 1.165) is 16.0 Å². The highest BCUT2D eigenvalue weighted by Gasteiger charge is 2.39. The molecular formula is C24H24N4O3S. The van der Waals surface area contributed by atoms with Gasteiger partial charge < -0.3 is 11.1 Å². The SMILES string of the molecule is CN(C)[C@H]1CC(=O)N(Cc2ccc(C(=O)Nc3cc(-c4cccs4)ccc3N)cc2)C1=O. The Morgan fingerprint density at radius 2 is 1.91 bits per heavy atom. The van der Waals surface area contributed by atoms with E-state index in [2.05, 4.69) is 5.32 Å². The summed E-state index contributed by atoms with van der Waals surface area (Å²) >= 11 is 1.61. The minimum absolute atomic E-state index is 0.184. The van der Waals surface area contributed by atoms with Crippen LogP contribution in [0.15, 0.2) is 60.0 Å². The largest absolute Gasteiger partial charge is 0.397 e. The number of benzene rings is 2. The first kappa shape index (κ1) is 21.7. The molecule has 1 saturated heterocycles. The third-order valence-corrected chi connectivity index (χ3v) is 6.43. The van der Waals surface area contributed by atoms with Crippen molar-refractivity contribution in [2.24, 2.45) is 0 Å². The summed E-state index contributed by atoms with van der Waals surface area (Å²) in [6.07, 6.45) is 0.193. The molecule has 1 aliphatic rings. The first-order chi connectivity index (χ1) is 15.3. The van der Waals surface area contributed by atoms with Gasteiger partial charge in [-0.15, -0.1) is 11.3 Å². The standard InChI is InChI=1S/C24H24N4O3S/c1-27(2)20-13-22(29)28(24(20)31)14-15-5-7-16(8-6-15)23(30)26-19-12-17(9-10-18(19)25)21-4-3-11-32-21/h3-12,20H,13-14,25H2,1-2H3,(H,26,30)/t20-/m0/s1. The first-order valence-corrected chi connectivity index (χ1v) is 11.1. The lowest BCUT2D eigenvalue weighted by Gasteiger charge is -2.18. The lowest BCUT2D eigenvalue weighted by atomic mass is 10.1. The maximum atomic E-state index is 12.8. The molecule has 1 fully saturated rings. The molecule has 0 radical (unpaired) electrons. The molecule has 1 atom stereocenters. The van der Waals surface area contributed by atoms with Crippen molar-refractivity contribution in [1.29, 1.82) is 0 Å². The quantitative estimate of drug-likeness (QED) is 0.445. The van der Waals surface area contributed by atoms with Gasteiger partial charge in [0.2, 0.25) is 11.8 Å². The Hall–Kier alpha value is -3.49. The Kier molecular flexibility index (Phi) is 6.07. The fourth-order valence-corrected chi connectivity index (χ4v) is 4.36. The number of likely N-dealkylation sites (tertiary alicyclic amines) is 1. The summed E-state index contributed by atoms with van der Waals surface area (Å²) in [5.41, 5.74) is 9.31. The number of rotatable bonds is 6. The Morgan fingerprint density at radius 3 is 2.53 bits per heavy atom. The van der Waals surface area contributed by atoms with E-state index in [1.54, 1.807) is 60.7 Å². The minimum atomic E-state index is -0.414. The summed E-state index contributed by atoms with van der Waals surface area (Å²) in [5.74, 6) is -0.660. The van der Waals surface area contributed by atoms with Gasteiger partial charge in [0.05, 0.1) is 30.4 Å². The summed E-state index contributed by atoms with van der Waals surface area (Å²) in [6.45, 7) is 0.194. The third kappa shape index (κ3) is 4.42. The molecule has 32 heavy (non-hydrogen) atoms. The van der Waals surface area contributed by atoms with E-state index in [4.69, 9.17) is 5.73 Å². The van der Waals surface area contributed by atoms with Gasteiger partial charge in [-0.05, 0) is 60.9 Å². The number of amides is 3. The van der Waals surface area contributed by atoms with E-state index >= 15 is 0 Å². The number of anilines is 2. The molecule has 164 valence electrons. The molecule has 0 aliphatic carbocycles. The van der Waals surface area contributed by atoms with Crippen molar-refractivity contribution in [1.82, 2.24) is 9.80 Å². The third-order valence-electron chi connectivity index (χ3n) is 5.51. The van der Waals surface area contributed by atoms with Crippen LogP contribution in [0.2, 0.25) is 0 Å². The van der Waals surface area contributed by atoms with Gasteiger partial charge in [-0.3, -0.25) is 24.2 Å². The summed E-state index contributed by atoms with van der Waals surface area (Å²) in [4.78, 5) is 41.6. The van der Waals surface area contributed by atoms with Crippen molar-refractivity contribution in [3.8, 4) is 10.4 Å². The van der Waals surface area contributed by atoms with Crippen molar-refractivity contribution in [3.63, 3.8) is 0 Å². The molecule has 0 spiro atoms. The second-order valence-corrected chi connectivity index (χ2v) is 8.88. The van der Waals surface area contributed by atoms with Crippen molar-refractivity contribution >= 4 is 40.4 Å². The van der Waals surface area contributed by atoms with Gasteiger partial charge in [0.25, 0.3) is 5.91 Å². The number of carbonyl (C=O) groups excluding carboxylic acids is 3. The second-order valence-electron chi connectivity index (χ2n) is 7.93. The lowest BCUT2D eigenvalue weighted by molar-refractivity contribution is -0.140. The highest BCUT2D eigenvalue weighted by Crippen LogP contribution is 2.30. The molecule has 2 heterocycles. The van der Waals surface area contributed by atoms with Gasteiger partial charge in [-0.25, -0.2) is 0 Å². The first-order valence-electron chi connectivity index (χ1n) is 10.2. The van der Waals surface area contributed by atoms with Crippen LogP contribution >= 0.6 is 11.3 Å². The van der Waals surface area contributed by atoms with Gasteiger partial charge in [0, 0.05) is 10.4 Å². The molecule has 1 aliphatic heterocycles. The predicted molar refractivity (Wildman–Crippen MR) is 126 cm³/mol. The number of hydrogen-bond acceptors (Lipinski definition) is 6. The molecule has 2 aromatic carbocycles. The summed E-state index contributed by atoms with van der Waals surface area (Å²) < 4.78 is 0. The molecule has 3 amide bonds. The topological polar surface area (TPSA) is 95.7 Å². The number of thiophene rings is 1. The molecule has 8 heteroatoms. The van der Waals surface area contributed by atoms with Gasteiger partial charge in [0.1, 0.15) is 0 Å². The maximum Gasteiger partial charge on any atom is 0.255 e. The number of nitrogens with one attached hydrogen (secondary N) is 1. The van der Waals surface area contributed by atoms with Gasteiger partial charge in [-0.2, -0.15) is 0 Å². The average Bonchev–Trinajstić information content (AvgIpc) is 3.40. The number of nitrogens with zero attached hydrogens (tertiary/aromatic N) is 2. The molecule has 3 aromatic rings. The molecule has 3 N–H and O–H groups in total. The zero-order chi connectivity index (χ0) is 22.8. The van der Waals surface area contributed by atoms with Crippen LogP contribution in [0.25, 0.3) is 10.4 Å². The lowest BCUT2D eigenvalue weighted by Crippen LogP contribution is -2.37. The van der Waals surface area contributed by atoms with Crippen LogP contribution in [0, 0.1) is 0 Å².